The molecule has 1 N–H and O–H groups in total. The molecule has 2 aromatic carbocycles. The number of carboxylic acids is 1. The molecule has 2 aromatic rings. The molecule has 0 saturated heterocycles. The highest BCUT2D eigenvalue weighted by Gasteiger charge is 2.31. The number of carboxylic acid groups (broad SMARTS) is 1. The average molecular weight is 310 g/mol. The molecule has 0 heterocycles. The van der Waals surface area contributed by atoms with Crippen molar-refractivity contribution < 1.29 is 32.6 Å². The molecule has 0 unspecified atom stereocenters. The van der Waals surface area contributed by atoms with Crippen molar-refractivity contribution in [2.75, 3.05) is 0 Å². The van der Waals surface area contributed by atoms with E-state index in [1.165, 1.54) is 36.4 Å². The summed E-state index contributed by atoms with van der Waals surface area (Å²) in [7, 11) is 0. The number of ether oxygens (including phenoxy) is 1. The number of ketones is 1. The SMILES string of the molecule is O=C(O)c1ccccc1C(=O)c1cccc(OC(F)(F)F)c1. The van der Waals surface area contributed by atoms with Crippen molar-refractivity contribution in [3.05, 3.63) is 65.2 Å². The summed E-state index contributed by atoms with van der Waals surface area (Å²) in [5.74, 6) is -2.55. The van der Waals surface area contributed by atoms with Crippen LogP contribution in [0.25, 0.3) is 0 Å². The molecule has 0 aliphatic heterocycles. The van der Waals surface area contributed by atoms with Crippen molar-refractivity contribution >= 4 is 11.8 Å². The van der Waals surface area contributed by atoms with E-state index < -0.39 is 23.9 Å². The predicted octanol–water partition coefficient (Wildman–Crippen LogP) is 3.51. The summed E-state index contributed by atoms with van der Waals surface area (Å²) >= 11 is 0. The topological polar surface area (TPSA) is 63.6 Å². The fraction of sp³-hybridized carbons (Fsp3) is 0.0667. The summed E-state index contributed by atoms with van der Waals surface area (Å²) in [6.07, 6.45) is -4.87. The van der Waals surface area contributed by atoms with Crippen LogP contribution < -0.4 is 4.74 Å². The van der Waals surface area contributed by atoms with E-state index in [2.05, 4.69) is 4.74 Å². The fourth-order valence-electron chi connectivity index (χ4n) is 1.86. The minimum atomic E-state index is -4.87. The number of carbonyl (C=O) groups excluding carboxylic acids is 1. The first kappa shape index (κ1) is 15.6. The summed E-state index contributed by atoms with van der Waals surface area (Å²) in [6, 6.07) is 9.91. The van der Waals surface area contributed by atoms with Crippen LogP contribution in [0.5, 0.6) is 5.75 Å². The van der Waals surface area contributed by atoms with Crippen molar-refractivity contribution in [1.82, 2.24) is 0 Å². The fourth-order valence-corrected chi connectivity index (χ4v) is 1.86. The van der Waals surface area contributed by atoms with Crippen molar-refractivity contribution in [3.8, 4) is 5.75 Å². The number of hydrogen-bond donors (Lipinski definition) is 1. The Balaban J connectivity index is 2.39. The highest BCUT2D eigenvalue weighted by atomic mass is 19.4. The molecule has 114 valence electrons. The molecule has 0 saturated carbocycles. The molecule has 2 rings (SSSR count). The number of aromatic carboxylic acids is 1. The molecular formula is C15H9F3O4. The Morgan fingerprint density at radius 2 is 1.59 bits per heavy atom. The first-order valence-electron chi connectivity index (χ1n) is 6.01. The summed E-state index contributed by atoms with van der Waals surface area (Å²) in [5.41, 5.74) is -0.441. The monoisotopic (exact) mass is 310 g/mol. The van der Waals surface area contributed by atoms with Crippen LogP contribution >= 0.6 is 0 Å². The quantitative estimate of drug-likeness (QED) is 0.878. The molecule has 0 bridgehead atoms. The molecule has 0 atom stereocenters. The third-order valence-corrected chi connectivity index (χ3v) is 2.73. The molecule has 4 nitrogen and oxygen atoms in total. The molecule has 7 heteroatoms. The van der Waals surface area contributed by atoms with Gasteiger partial charge in [-0.15, -0.1) is 13.2 Å². The molecule has 0 aromatic heterocycles. The smallest absolute Gasteiger partial charge is 0.478 e. The van der Waals surface area contributed by atoms with Gasteiger partial charge >= 0.3 is 12.3 Å². The van der Waals surface area contributed by atoms with Crippen LogP contribution in [0.3, 0.4) is 0 Å². The van der Waals surface area contributed by atoms with Crippen molar-refractivity contribution in [3.63, 3.8) is 0 Å². The molecule has 0 aliphatic carbocycles. The molecule has 0 radical (unpaired) electrons. The molecule has 0 spiro atoms. The van der Waals surface area contributed by atoms with Crippen molar-refractivity contribution in [1.29, 1.82) is 0 Å². The summed E-state index contributed by atoms with van der Waals surface area (Å²) in [6.45, 7) is 0. The van der Waals surface area contributed by atoms with E-state index in [1.807, 2.05) is 0 Å². The van der Waals surface area contributed by atoms with E-state index in [0.29, 0.717) is 0 Å². The average Bonchev–Trinajstić information content (AvgIpc) is 2.45. The van der Waals surface area contributed by atoms with Gasteiger partial charge in [0.15, 0.2) is 5.78 Å². The third kappa shape index (κ3) is 3.63. The lowest BCUT2D eigenvalue weighted by Crippen LogP contribution is -2.17. The lowest BCUT2D eigenvalue weighted by Gasteiger charge is -2.10. The van der Waals surface area contributed by atoms with Gasteiger partial charge in [-0.3, -0.25) is 4.79 Å². The standard InChI is InChI=1S/C15H9F3O4/c16-15(17,18)22-10-5-3-4-9(8-10)13(19)11-6-1-2-7-12(11)14(20)21/h1-8H,(H,20,21). The Labute approximate surface area is 122 Å². The maximum absolute atomic E-state index is 12.3. The number of hydrogen-bond acceptors (Lipinski definition) is 3. The first-order chi connectivity index (χ1) is 10.3. The summed E-state index contributed by atoms with van der Waals surface area (Å²) in [5, 5.41) is 9.04. The Hall–Kier alpha value is -2.83. The van der Waals surface area contributed by atoms with Gasteiger partial charge < -0.3 is 9.84 Å². The number of alkyl halides is 3. The van der Waals surface area contributed by atoms with Gasteiger partial charge in [-0.05, 0) is 18.2 Å². The second-order valence-corrected chi connectivity index (χ2v) is 4.26. The van der Waals surface area contributed by atoms with Crippen LogP contribution in [0.15, 0.2) is 48.5 Å². The molecule has 0 aliphatic rings. The highest BCUT2D eigenvalue weighted by Crippen LogP contribution is 2.24. The minimum absolute atomic E-state index is 0.101. The van der Waals surface area contributed by atoms with Crippen molar-refractivity contribution in [2.24, 2.45) is 0 Å². The van der Waals surface area contributed by atoms with Crippen LogP contribution in [0.4, 0.5) is 13.2 Å². The van der Waals surface area contributed by atoms with Crippen molar-refractivity contribution in [2.45, 2.75) is 6.36 Å². The number of benzene rings is 2. The van der Waals surface area contributed by atoms with Gasteiger partial charge in [0.25, 0.3) is 0 Å². The summed E-state index contributed by atoms with van der Waals surface area (Å²) in [4.78, 5) is 23.4. The minimum Gasteiger partial charge on any atom is -0.478 e. The van der Waals surface area contributed by atoms with E-state index in [9.17, 15) is 22.8 Å². The van der Waals surface area contributed by atoms with Gasteiger partial charge in [0.2, 0.25) is 0 Å². The van der Waals surface area contributed by atoms with E-state index in [-0.39, 0.29) is 16.7 Å². The lowest BCUT2D eigenvalue weighted by atomic mass is 9.98. The van der Waals surface area contributed by atoms with Gasteiger partial charge in [-0.1, -0.05) is 30.3 Å². The van der Waals surface area contributed by atoms with Crippen LogP contribution in [0.1, 0.15) is 26.3 Å². The van der Waals surface area contributed by atoms with E-state index in [0.717, 1.165) is 12.1 Å². The Morgan fingerprint density at radius 3 is 2.18 bits per heavy atom. The van der Waals surface area contributed by atoms with Gasteiger partial charge in [-0.2, -0.15) is 0 Å². The third-order valence-electron chi connectivity index (χ3n) is 2.73. The zero-order valence-corrected chi connectivity index (χ0v) is 10.9. The van der Waals surface area contributed by atoms with E-state index in [1.54, 1.807) is 0 Å². The Kier molecular flexibility index (Phi) is 4.16. The van der Waals surface area contributed by atoms with Crippen LogP contribution in [-0.4, -0.2) is 23.2 Å². The number of carbonyl (C=O) groups is 2. The zero-order chi connectivity index (χ0) is 16.3. The maximum atomic E-state index is 12.3. The highest BCUT2D eigenvalue weighted by molar-refractivity contribution is 6.14. The summed E-state index contributed by atoms with van der Waals surface area (Å²) < 4.78 is 40.3. The normalized spacial score (nSPS) is 11.0. The molecular weight excluding hydrogens is 301 g/mol. The Bertz CT molecular complexity index is 723. The molecule has 0 fully saturated rings. The van der Waals surface area contributed by atoms with Gasteiger partial charge in [0, 0.05) is 11.1 Å². The van der Waals surface area contributed by atoms with E-state index in [4.69, 9.17) is 5.11 Å². The zero-order valence-electron chi connectivity index (χ0n) is 10.9. The first-order valence-corrected chi connectivity index (χ1v) is 6.01. The molecule has 22 heavy (non-hydrogen) atoms. The Morgan fingerprint density at radius 1 is 0.955 bits per heavy atom. The van der Waals surface area contributed by atoms with Crippen LogP contribution in [0.2, 0.25) is 0 Å². The van der Waals surface area contributed by atoms with Gasteiger partial charge in [0.1, 0.15) is 5.75 Å². The second kappa shape index (κ2) is 5.88. The predicted molar refractivity (Wildman–Crippen MR) is 70.0 cm³/mol. The second-order valence-electron chi connectivity index (χ2n) is 4.26. The lowest BCUT2D eigenvalue weighted by molar-refractivity contribution is -0.274. The molecule has 0 amide bonds. The number of rotatable bonds is 4. The largest absolute Gasteiger partial charge is 0.573 e. The number of halogens is 3. The van der Waals surface area contributed by atoms with Gasteiger partial charge in [0.05, 0.1) is 5.56 Å². The van der Waals surface area contributed by atoms with E-state index >= 15 is 0 Å². The maximum Gasteiger partial charge on any atom is 0.573 e. The van der Waals surface area contributed by atoms with Crippen LogP contribution in [-0.2, 0) is 0 Å². The van der Waals surface area contributed by atoms with Crippen LogP contribution in [0, 0.1) is 0 Å². The van der Waals surface area contributed by atoms with Gasteiger partial charge in [-0.25, -0.2) is 4.79 Å².